The van der Waals surface area contributed by atoms with E-state index >= 15 is 0 Å². The average molecular weight is 213 g/mol. The number of anilines is 1. The Morgan fingerprint density at radius 2 is 2.00 bits per heavy atom. The Hall–Kier alpha value is -1.56. The minimum Gasteiger partial charge on any atom is -0.356 e. The van der Waals surface area contributed by atoms with Crippen LogP contribution in [0.1, 0.15) is 36.0 Å². The first-order valence-electron chi connectivity index (χ1n) is 6.06. The Morgan fingerprint density at radius 3 is 2.75 bits per heavy atom. The van der Waals surface area contributed by atoms with Crippen molar-refractivity contribution in [1.29, 1.82) is 5.26 Å². The van der Waals surface area contributed by atoms with Crippen LogP contribution in [-0.2, 0) is 12.8 Å². The van der Waals surface area contributed by atoms with E-state index in [4.69, 9.17) is 0 Å². The standard InChI is InChI=1S/C13H15N3/c14-8-12-11-5-3-4-10(11)9-15-13(12)16-6-1-2-7-16/h9H,1-7H2. The SMILES string of the molecule is N#Cc1c(N2CCCC2)ncc2c1CCC2. The summed E-state index contributed by atoms with van der Waals surface area (Å²) in [5.74, 6) is 0.931. The molecule has 1 saturated heterocycles. The van der Waals surface area contributed by atoms with Crippen LogP contribution in [0.4, 0.5) is 5.82 Å². The molecule has 0 N–H and O–H groups in total. The molecule has 2 aliphatic rings. The lowest BCUT2D eigenvalue weighted by molar-refractivity contribution is 0.909. The molecule has 0 bridgehead atoms. The Bertz CT molecular complexity index is 453. The molecule has 0 unspecified atom stereocenters. The Morgan fingerprint density at radius 1 is 1.19 bits per heavy atom. The van der Waals surface area contributed by atoms with Crippen LogP contribution in [0.3, 0.4) is 0 Å². The predicted octanol–water partition coefficient (Wildman–Crippen LogP) is 2.04. The highest BCUT2D eigenvalue weighted by Crippen LogP contribution is 2.31. The second-order valence-electron chi connectivity index (χ2n) is 4.62. The molecule has 1 aliphatic heterocycles. The molecule has 1 fully saturated rings. The van der Waals surface area contributed by atoms with Crippen molar-refractivity contribution < 1.29 is 0 Å². The molecule has 1 aliphatic carbocycles. The first-order valence-corrected chi connectivity index (χ1v) is 6.06. The summed E-state index contributed by atoms with van der Waals surface area (Å²) in [6.45, 7) is 2.11. The van der Waals surface area contributed by atoms with E-state index < -0.39 is 0 Å². The second-order valence-corrected chi connectivity index (χ2v) is 4.62. The fraction of sp³-hybridized carbons (Fsp3) is 0.538. The van der Waals surface area contributed by atoms with E-state index in [9.17, 15) is 5.26 Å². The van der Waals surface area contributed by atoms with Crippen LogP contribution < -0.4 is 4.90 Å². The van der Waals surface area contributed by atoms with Crippen molar-refractivity contribution in [3.8, 4) is 6.07 Å². The quantitative estimate of drug-likeness (QED) is 0.716. The number of nitriles is 1. The summed E-state index contributed by atoms with van der Waals surface area (Å²) >= 11 is 0. The molecule has 0 atom stereocenters. The van der Waals surface area contributed by atoms with Gasteiger partial charge in [0, 0.05) is 19.3 Å². The van der Waals surface area contributed by atoms with E-state index in [0.717, 1.165) is 37.3 Å². The molecule has 16 heavy (non-hydrogen) atoms. The topological polar surface area (TPSA) is 39.9 Å². The lowest BCUT2D eigenvalue weighted by Gasteiger charge is -2.19. The van der Waals surface area contributed by atoms with Crippen molar-refractivity contribution >= 4 is 5.82 Å². The van der Waals surface area contributed by atoms with Crippen molar-refractivity contribution in [3.05, 3.63) is 22.9 Å². The minimum atomic E-state index is 0.844. The molecule has 82 valence electrons. The van der Waals surface area contributed by atoms with Gasteiger partial charge in [-0.2, -0.15) is 5.26 Å². The third kappa shape index (κ3) is 1.37. The summed E-state index contributed by atoms with van der Waals surface area (Å²) in [7, 11) is 0. The second kappa shape index (κ2) is 3.79. The zero-order valence-corrected chi connectivity index (χ0v) is 9.37. The molecule has 0 spiro atoms. The van der Waals surface area contributed by atoms with Crippen molar-refractivity contribution in [2.24, 2.45) is 0 Å². The maximum Gasteiger partial charge on any atom is 0.146 e. The van der Waals surface area contributed by atoms with Gasteiger partial charge < -0.3 is 4.90 Å². The number of aromatic nitrogens is 1. The smallest absolute Gasteiger partial charge is 0.146 e. The van der Waals surface area contributed by atoms with E-state index in [-0.39, 0.29) is 0 Å². The maximum absolute atomic E-state index is 9.33. The number of hydrogen-bond acceptors (Lipinski definition) is 3. The van der Waals surface area contributed by atoms with Crippen LogP contribution in [0.2, 0.25) is 0 Å². The van der Waals surface area contributed by atoms with E-state index in [0.29, 0.717) is 0 Å². The summed E-state index contributed by atoms with van der Waals surface area (Å²) in [5.41, 5.74) is 3.40. The fourth-order valence-corrected chi connectivity index (χ4v) is 2.82. The number of pyridine rings is 1. The first-order chi connectivity index (χ1) is 7.90. The molecule has 0 radical (unpaired) electrons. The zero-order chi connectivity index (χ0) is 11.0. The fourth-order valence-electron chi connectivity index (χ4n) is 2.82. The van der Waals surface area contributed by atoms with E-state index in [1.54, 1.807) is 0 Å². The van der Waals surface area contributed by atoms with Crippen molar-refractivity contribution in [2.45, 2.75) is 32.1 Å². The molecule has 0 aromatic carbocycles. The molecular formula is C13H15N3. The van der Waals surface area contributed by atoms with Gasteiger partial charge in [0.1, 0.15) is 11.9 Å². The molecule has 3 heteroatoms. The molecule has 3 rings (SSSR count). The van der Waals surface area contributed by atoms with Gasteiger partial charge >= 0.3 is 0 Å². The van der Waals surface area contributed by atoms with Gasteiger partial charge in [-0.1, -0.05) is 0 Å². The highest BCUT2D eigenvalue weighted by molar-refractivity contribution is 5.60. The average Bonchev–Trinajstić information content (AvgIpc) is 2.97. The molecule has 1 aromatic rings. The molecular weight excluding hydrogens is 198 g/mol. The van der Waals surface area contributed by atoms with Gasteiger partial charge in [0.05, 0.1) is 5.56 Å². The van der Waals surface area contributed by atoms with Gasteiger partial charge in [-0.05, 0) is 43.2 Å². The van der Waals surface area contributed by atoms with E-state index in [2.05, 4.69) is 16.0 Å². The van der Waals surface area contributed by atoms with Gasteiger partial charge in [0.2, 0.25) is 0 Å². The van der Waals surface area contributed by atoms with Crippen molar-refractivity contribution in [1.82, 2.24) is 4.98 Å². The largest absolute Gasteiger partial charge is 0.356 e. The van der Waals surface area contributed by atoms with Crippen LogP contribution in [0, 0.1) is 11.3 Å². The summed E-state index contributed by atoms with van der Waals surface area (Å²) < 4.78 is 0. The number of hydrogen-bond donors (Lipinski definition) is 0. The third-order valence-electron chi connectivity index (χ3n) is 3.65. The van der Waals surface area contributed by atoms with Gasteiger partial charge in [0.15, 0.2) is 0 Å². The van der Waals surface area contributed by atoms with Crippen LogP contribution >= 0.6 is 0 Å². The molecule has 3 nitrogen and oxygen atoms in total. The lowest BCUT2D eigenvalue weighted by Crippen LogP contribution is -2.21. The number of fused-ring (bicyclic) bond motifs is 1. The molecule has 0 amide bonds. The lowest BCUT2D eigenvalue weighted by atomic mass is 10.1. The van der Waals surface area contributed by atoms with Crippen LogP contribution in [0.25, 0.3) is 0 Å². The highest BCUT2D eigenvalue weighted by atomic mass is 15.2. The van der Waals surface area contributed by atoms with E-state index in [1.807, 2.05) is 6.20 Å². The summed E-state index contributed by atoms with van der Waals surface area (Å²) in [6, 6.07) is 2.37. The van der Waals surface area contributed by atoms with Crippen LogP contribution in [-0.4, -0.2) is 18.1 Å². The molecule has 0 saturated carbocycles. The number of rotatable bonds is 1. The van der Waals surface area contributed by atoms with Crippen molar-refractivity contribution in [2.75, 3.05) is 18.0 Å². The number of nitrogens with zero attached hydrogens (tertiary/aromatic N) is 3. The zero-order valence-electron chi connectivity index (χ0n) is 9.37. The van der Waals surface area contributed by atoms with Gasteiger partial charge in [-0.25, -0.2) is 4.98 Å². The van der Waals surface area contributed by atoms with Gasteiger partial charge in [0.25, 0.3) is 0 Å². The van der Waals surface area contributed by atoms with Crippen molar-refractivity contribution in [3.63, 3.8) is 0 Å². The summed E-state index contributed by atoms with van der Waals surface area (Å²) in [5, 5.41) is 9.33. The van der Waals surface area contributed by atoms with E-state index in [1.165, 1.54) is 30.4 Å². The van der Waals surface area contributed by atoms with Crippen LogP contribution in [0.15, 0.2) is 6.20 Å². The highest BCUT2D eigenvalue weighted by Gasteiger charge is 2.23. The predicted molar refractivity (Wildman–Crippen MR) is 62.4 cm³/mol. The minimum absolute atomic E-state index is 0.844. The number of aryl methyl sites for hydroxylation is 1. The maximum atomic E-state index is 9.33. The molecule has 2 heterocycles. The monoisotopic (exact) mass is 213 g/mol. The van der Waals surface area contributed by atoms with Gasteiger partial charge in [-0.3, -0.25) is 0 Å². The first kappa shape index (κ1) is 9.65. The Balaban J connectivity index is 2.08. The molecule has 1 aromatic heterocycles. The third-order valence-corrected chi connectivity index (χ3v) is 3.65. The summed E-state index contributed by atoms with van der Waals surface area (Å²) in [4.78, 5) is 6.77. The summed E-state index contributed by atoms with van der Waals surface area (Å²) in [6.07, 6.45) is 7.76. The Labute approximate surface area is 95.7 Å². The van der Waals surface area contributed by atoms with Gasteiger partial charge in [-0.15, -0.1) is 0 Å². The normalized spacial score (nSPS) is 18.6. The Kier molecular flexibility index (Phi) is 2.28. The van der Waals surface area contributed by atoms with Crippen LogP contribution in [0.5, 0.6) is 0 Å².